The van der Waals surface area contributed by atoms with Crippen molar-refractivity contribution in [3.63, 3.8) is 0 Å². The van der Waals surface area contributed by atoms with E-state index < -0.39 is 0 Å². The quantitative estimate of drug-likeness (QED) is 0.701. The van der Waals surface area contributed by atoms with E-state index >= 15 is 0 Å². The zero-order chi connectivity index (χ0) is 16.2. The molecule has 2 aromatic rings. The van der Waals surface area contributed by atoms with Crippen molar-refractivity contribution in [1.82, 2.24) is 0 Å². The first-order valence-electron chi connectivity index (χ1n) is 7.83. The van der Waals surface area contributed by atoms with Crippen LogP contribution in [0.1, 0.15) is 41.5 Å². The van der Waals surface area contributed by atoms with Crippen LogP contribution in [-0.4, -0.2) is 7.11 Å². The maximum atomic E-state index is 14.6. The fourth-order valence-electron chi connectivity index (χ4n) is 2.81. The van der Waals surface area contributed by atoms with Gasteiger partial charge in [0.25, 0.3) is 0 Å². The molecule has 2 aromatic carbocycles. The van der Waals surface area contributed by atoms with Gasteiger partial charge in [0.1, 0.15) is 11.6 Å². The van der Waals surface area contributed by atoms with Crippen LogP contribution < -0.4 is 4.74 Å². The minimum atomic E-state index is -0.139. The first kappa shape index (κ1) is 15.4. The highest BCUT2D eigenvalue weighted by molar-refractivity contribution is 5.73. The van der Waals surface area contributed by atoms with Crippen LogP contribution in [-0.2, 0) is 0 Å². The molecular weight excluding hydrogens is 287 g/mol. The van der Waals surface area contributed by atoms with Crippen molar-refractivity contribution in [3.8, 4) is 17.6 Å². The predicted molar refractivity (Wildman–Crippen MR) is 91.9 cm³/mol. The summed E-state index contributed by atoms with van der Waals surface area (Å²) in [6.45, 7) is 1.80. The fraction of sp³-hybridized carbons (Fsp3) is 0.238. The number of allylic oxidation sites excluding steroid dienone is 2. The van der Waals surface area contributed by atoms with Gasteiger partial charge in [0.05, 0.1) is 7.11 Å². The molecule has 0 saturated carbocycles. The van der Waals surface area contributed by atoms with Crippen LogP contribution in [0.2, 0.25) is 0 Å². The van der Waals surface area contributed by atoms with Crippen molar-refractivity contribution < 1.29 is 9.13 Å². The number of hydrogen-bond donors (Lipinski definition) is 0. The lowest BCUT2D eigenvalue weighted by atomic mass is 9.96. The number of hydrogen-bond acceptors (Lipinski definition) is 1. The molecule has 0 fully saturated rings. The van der Waals surface area contributed by atoms with E-state index in [4.69, 9.17) is 4.74 Å². The van der Waals surface area contributed by atoms with Gasteiger partial charge in [-0.3, -0.25) is 0 Å². The summed E-state index contributed by atoms with van der Waals surface area (Å²) in [4.78, 5) is 0. The minimum absolute atomic E-state index is 0.139. The SMILES string of the molecule is COc1ccc(C#Cc2ccc(C)c(F)c2C2=CCCC2)cc1. The molecular formula is C21H19FO. The Morgan fingerprint density at radius 3 is 2.48 bits per heavy atom. The maximum Gasteiger partial charge on any atom is 0.134 e. The molecule has 0 spiro atoms. The monoisotopic (exact) mass is 306 g/mol. The second-order valence-corrected chi connectivity index (χ2v) is 5.72. The van der Waals surface area contributed by atoms with E-state index in [0.717, 1.165) is 41.7 Å². The number of methoxy groups -OCH3 is 1. The summed E-state index contributed by atoms with van der Waals surface area (Å²) in [5.41, 5.74) is 4.09. The third-order valence-electron chi connectivity index (χ3n) is 4.13. The largest absolute Gasteiger partial charge is 0.497 e. The Morgan fingerprint density at radius 2 is 1.83 bits per heavy atom. The second-order valence-electron chi connectivity index (χ2n) is 5.72. The van der Waals surface area contributed by atoms with E-state index in [9.17, 15) is 4.39 Å². The molecule has 0 atom stereocenters. The van der Waals surface area contributed by atoms with Crippen LogP contribution in [0.15, 0.2) is 42.5 Å². The van der Waals surface area contributed by atoms with Gasteiger partial charge >= 0.3 is 0 Å². The molecule has 0 amide bonds. The lowest BCUT2D eigenvalue weighted by Gasteiger charge is -2.09. The number of aryl methyl sites for hydroxylation is 1. The molecule has 2 heteroatoms. The highest BCUT2D eigenvalue weighted by atomic mass is 19.1. The van der Waals surface area contributed by atoms with Crippen LogP contribution in [0, 0.1) is 24.6 Å². The van der Waals surface area contributed by atoms with Crippen LogP contribution in [0.25, 0.3) is 5.57 Å². The smallest absolute Gasteiger partial charge is 0.134 e. The van der Waals surface area contributed by atoms with Gasteiger partial charge in [0.15, 0.2) is 0 Å². The zero-order valence-corrected chi connectivity index (χ0v) is 13.4. The van der Waals surface area contributed by atoms with Crippen LogP contribution >= 0.6 is 0 Å². The summed E-state index contributed by atoms with van der Waals surface area (Å²) in [7, 11) is 1.64. The molecule has 0 aromatic heterocycles. The van der Waals surface area contributed by atoms with E-state index in [-0.39, 0.29) is 5.82 Å². The normalized spacial score (nSPS) is 13.3. The molecule has 23 heavy (non-hydrogen) atoms. The summed E-state index contributed by atoms with van der Waals surface area (Å²) in [6.07, 6.45) is 5.18. The van der Waals surface area contributed by atoms with E-state index in [1.54, 1.807) is 20.1 Å². The van der Waals surface area contributed by atoms with Crippen molar-refractivity contribution in [2.24, 2.45) is 0 Å². The van der Waals surface area contributed by atoms with E-state index in [2.05, 4.69) is 17.9 Å². The van der Waals surface area contributed by atoms with Crippen molar-refractivity contribution >= 4 is 5.57 Å². The topological polar surface area (TPSA) is 9.23 Å². The Hall–Kier alpha value is -2.53. The fourth-order valence-corrected chi connectivity index (χ4v) is 2.81. The number of ether oxygens (including phenoxy) is 1. The van der Waals surface area contributed by atoms with Crippen molar-refractivity contribution in [1.29, 1.82) is 0 Å². The summed E-state index contributed by atoms with van der Waals surface area (Å²) in [5.74, 6) is 6.92. The third-order valence-corrected chi connectivity index (χ3v) is 4.13. The molecule has 0 bridgehead atoms. The molecule has 0 saturated heterocycles. The molecule has 116 valence electrons. The molecule has 1 nitrogen and oxygen atoms in total. The van der Waals surface area contributed by atoms with Gasteiger partial charge in [-0.05, 0) is 67.7 Å². The summed E-state index contributed by atoms with van der Waals surface area (Å²) >= 11 is 0. The van der Waals surface area contributed by atoms with E-state index in [1.807, 2.05) is 30.3 Å². The molecule has 3 rings (SSSR count). The van der Waals surface area contributed by atoms with Gasteiger partial charge in [-0.15, -0.1) is 0 Å². The first-order chi connectivity index (χ1) is 11.2. The number of rotatable bonds is 2. The van der Waals surface area contributed by atoms with Crippen LogP contribution in [0.3, 0.4) is 0 Å². The Kier molecular flexibility index (Phi) is 4.48. The Morgan fingerprint density at radius 1 is 1.04 bits per heavy atom. The average molecular weight is 306 g/mol. The zero-order valence-electron chi connectivity index (χ0n) is 13.4. The Bertz CT molecular complexity index is 804. The summed E-state index contributed by atoms with van der Waals surface area (Å²) in [5, 5.41) is 0. The average Bonchev–Trinajstić information content (AvgIpc) is 3.10. The number of benzene rings is 2. The summed E-state index contributed by atoms with van der Waals surface area (Å²) < 4.78 is 19.8. The Labute approximate surface area is 136 Å². The van der Waals surface area contributed by atoms with Gasteiger partial charge in [0.2, 0.25) is 0 Å². The van der Waals surface area contributed by atoms with E-state index in [0.29, 0.717) is 11.1 Å². The molecule has 1 aliphatic carbocycles. The minimum Gasteiger partial charge on any atom is -0.497 e. The third kappa shape index (κ3) is 3.29. The second kappa shape index (κ2) is 6.71. The van der Waals surface area contributed by atoms with Gasteiger partial charge in [-0.25, -0.2) is 4.39 Å². The van der Waals surface area contributed by atoms with Crippen LogP contribution in [0.5, 0.6) is 5.75 Å². The highest BCUT2D eigenvalue weighted by Crippen LogP contribution is 2.32. The predicted octanol–water partition coefficient (Wildman–Crippen LogP) is 5.11. The highest BCUT2D eigenvalue weighted by Gasteiger charge is 2.16. The van der Waals surface area contributed by atoms with Crippen LogP contribution in [0.4, 0.5) is 4.39 Å². The molecule has 0 unspecified atom stereocenters. The van der Waals surface area contributed by atoms with Gasteiger partial charge < -0.3 is 4.74 Å². The molecule has 0 aliphatic heterocycles. The van der Waals surface area contributed by atoms with Crippen molar-refractivity contribution in [2.45, 2.75) is 26.2 Å². The Balaban J connectivity index is 2.00. The lowest BCUT2D eigenvalue weighted by molar-refractivity contribution is 0.415. The maximum absolute atomic E-state index is 14.6. The van der Waals surface area contributed by atoms with E-state index in [1.165, 1.54) is 0 Å². The first-order valence-corrected chi connectivity index (χ1v) is 7.83. The molecule has 0 radical (unpaired) electrons. The summed E-state index contributed by atoms with van der Waals surface area (Å²) in [6, 6.07) is 11.3. The lowest BCUT2D eigenvalue weighted by Crippen LogP contribution is -1.96. The molecule has 1 aliphatic rings. The van der Waals surface area contributed by atoms with Crippen molar-refractivity contribution in [2.75, 3.05) is 7.11 Å². The van der Waals surface area contributed by atoms with Crippen molar-refractivity contribution in [3.05, 3.63) is 70.5 Å². The molecule has 0 heterocycles. The van der Waals surface area contributed by atoms with Gasteiger partial charge in [-0.1, -0.05) is 24.0 Å². The number of halogens is 1. The van der Waals surface area contributed by atoms with Gasteiger partial charge in [0, 0.05) is 16.7 Å². The standard InChI is InChI=1S/C21H19FO/c1-15-7-11-18(20(21(15)22)17-5-3-4-6-17)12-8-16-9-13-19(23-2)14-10-16/h5,7,9-11,13-14H,3-4,6H2,1-2H3. The molecule has 0 N–H and O–H groups in total. The van der Waals surface area contributed by atoms with Gasteiger partial charge in [-0.2, -0.15) is 0 Å².